The van der Waals surface area contributed by atoms with Gasteiger partial charge in [0.1, 0.15) is 5.82 Å². The number of nitrogens with zero attached hydrogens (tertiary/aromatic N) is 2. The van der Waals surface area contributed by atoms with Gasteiger partial charge in [0.25, 0.3) is 0 Å². The first kappa shape index (κ1) is 19.0. The summed E-state index contributed by atoms with van der Waals surface area (Å²) in [5, 5.41) is 3.31. The summed E-state index contributed by atoms with van der Waals surface area (Å²) in [6, 6.07) is 15.9. The van der Waals surface area contributed by atoms with E-state index in [1.165, 1.54) is 12.1 Å². The zero-order chi connectivity index (χ0) is 19.2. The molecule has 1 aliphatic rings. The van der Waals surface area contributed by atoms with Gasteiger partial charge in [-0.1, -0.05) is 42.5 Å². The Balaban J connectivity index is 1.65. The summed E-state index contributed by atoms with van der Waals surface area (Å²) in [5.41, 5.74) is 1.91. The molecule has 1 atom stereocenters. The number of amides is 2. The van der Waals surface area contributed by atoms with E-state index in [0.29, 0.717) is 26.2 Å². The Labute approximate surface area is 158 Å². The molecule has 0 aliphatic carbocycles. The fourth-order valence-electron chi connectivity index (χ4n) is 3.30. The van der Waals surface area contributed by atoms with Gasteiger partial charge in [0.05, 0.1) is 12.6 Å². The van der Waals surface area contributed by atoms with Gasteiger partial charge in [0.2, 0.25) is 11.8 Å². The van der Waals surface area contributed by atoms with E-state index in [0.717, 1.165) is 11.1 Å². The lowest BCUT2D eigenvalue weighted by Gasteiger charge is -2.34. The third-order valence-electron chi connectivity index (χ3n) is 4.87. The number of hydrogen-bond donors (Lipinski definition) is 1. The van der Waals surface area contributed by atoms with Crippen molar-refractivity contribution in [2.45, 2.75) is 13.0 Å². The summed E-state index contributed by atoms with van der Waals surface area (Å²) >= 11 is 0. The van der Waals surface area contributed by atoms with Crippen LogP contribution in [0.5, 0.6) is 0 Å². The Morgan fingerprint density at radius 3 is 2.07 bits per heavy atom. The second-order valence-corrected chi connectivity index (χ2v) is 6.66. The molecule has 1 saturated heterocycles. The van der Waals surface area contributed by atoms with Crippen LogP contribution in [-0.4, -0.2) is 54.3 Å². The molecule has 2 aromatic rings. The molecule has 6 heteroatoms. The normalized spacial score (nSPS) is 15.5. The SMILES string of the molecule is CC(=O)N1CCN(C(=O)CNC(c2ccccc2)c2ccc(F)cc2)CC1. The Morgan fingerprint density at radius 2 is 1.48 bits per heavy atom. The number of nitrogens with one attached hydrogen (secondary N) is 1. The summed E-state index contributed by atoms with van der Waals surface area (Å²) < 4.78 is 13.3. The minimum absolute atomic E-state index is 0.00115. The van der Waals surface area contributed by atoms with E-state index in [9.17, 15) is 14.0 Å². The molecule has 0 aromatic heterocycles. The van der Waals surface area contributed by atoms with Crippen LogP contribution in [0, 0.1) is 5.82 Å². The highest BCUT2D eigenvalue weighted by molar-refractivity contribution is 5.79. The first-order valence-electron chi connectivity index (χ1n) is 9.11. The molecular weight excluding hydrogens is 345 g/mol. The van der Waals surface area contributed by atoms with E-state index in [1.54, 1.807) is 28.9 Å². The van der Waals surface area contributed by atoms with Crippen molar-refractivity contribution in [1.29, 1.82) is 0 Å². The van der Waals surface area contributed by atoms with E-state index >= 15 is 0 Å². The van der Waals surface area contributed by atoms with Gasteiger partial charge >= 0.3 is 0 Å². The van der Waals surface area contributed by atoms with Crippen LogP contribution in [0.1, 0.15) is 24.1 Å². The molecule has 0 saturated carbocycles. The number of hydrogen-bond acceptors (Lipinski definition) is 3. The van der Waals surface area contributed by atoms with Crippen LogP contribution in [0.15, 0.2) is 54.6 Å². The minimum atomic E-state index is -0.287. The molecule has 27 heavy (non-hydrogen) atoms. The predicted molar refractivity (Wildman–Crippen MR) is 102 cm³/mol. The lowest BCUT2D eigenvalue weighted by molar-refractivity contribution is -0.137. The summed E-state index contributed by atoms with van der Waals surface area (Å²) in [7, 11) is 0. The molecule has 1 N–H and O–H groups in total. The molecule has 0 bridgehead atoms. The van der Waals surface area contributed by atoms with Crippen LogP contribution < -0.4 is 5.32 Å². The van der Waals surface area contributed by atoms with Crippen molar-refractivity contribution < 1.29 is 14.0 Å². The summed E-state index contributed by atoms with van der Waals surface area (Å²) in [6.07, 6.45) is 0. The van der Waals surface area contributed by atoms with Crippen molar-refractivity contribution in [3.63, 3.8) is 0 Å². The summed E-state index contributed by atoms with van der Waals surface area (Å²) in [4.78, 5) is 27.5. The largest absolute Gasteiger partial charge is 0.339 e. The second kappa shape index (κ2) is 8.77. The van der Waals surface area contributed by atoms with Gasteiger partial charge in [-0.25, -0.2) is 4.39 Å². The number of halogens is 1. The summed E-state index contributed by atoms with van der Waals surface area (Å²) in [5.74, 6) is -0.244. The van der Waals surface area contributed by atoms with Gasteiger partial charge in [0.15, 0.2) is 0 Å². The Kier molecular flexibility index (Phi) is 6.19. The highest BCUT2D eigenvalue weighted by Gasteiger charge is 2.23. The Bertz CT molecular complexity index is 772. The maximum Gasteiger partial charge on any atom is 0.236 e. The quantitative estimate of drug-likeness (QED) is 0.879. The van der Waals surface area contributed by atoms with E-state index in [2.05, 4.69) is 5.32 Å². The number of rotatable bonds is 5. The van der Waals surface area contributed by atoms with Gasteiger partial charge in [-0.15, -0.1) is 0 Å². The second-order valence-electron chi connectivity index (χ2n) is 6.66. The highest BCUT2D eigenvalue weighted by atomic mass is 19.1. The van der Waals surface area contributed by atoms with E-state index < -0.39 is 0 Å². The fraction of sp³-hybridized carbons (Fsp3) is 0.333. The molecule has 142 valence electrons. The molecule has 5 nitrogen and oxygen atoms in total. The lowest BCUT2D eigenvalue weighted by Crippen LogP contribution is -2.52. The van der Waals surface area contributed by atoms with Crippen molar-refractivity contribution in [2.24, 2.45) is 0 Å². The van der Waals surface area contributed by atoms with Gasteiger partial charge in [-0.3, -0.25) is 14.9 Å². The average Bonchev–Trinajstić information content (AvgIpc) is 2.70. The molecule has 1 fully saturated rings. The average molecular weight is 369 g/mol. The molecule has 1 unspecified atom stereocenters. The highest BCUT2D eigenvalue weighted by Crippen LogP contribution is 2.22. The van der Waals surface area contributed by atoms with Crippen molar-refractivity contribution in [1.82, 2.24) is 15.1 Å². The smallest absolute Gasteiger partial charge is 0.236 e. The van der Waals surface area contributed by atoms with Gasteiger partial charge in [-0.2, -0.15) is 0 Å². The molecular formula is C21H24FN3O2. The molecule has 0 radical (unpaired) electrons. The number of carbonyl (C=O) groups is 2. The Hall–Kier alpha value is -2.73. The number of piperazine rings is 1. The van der Waals surface area contributed by atoms with Crippen LogP contribution in [0.25, 0.3) is 0 Å². The van der Waals surface area contributed by atoms with Crippen LogP contribution in [0.2, 0.25) is 0 Å². The topological polar surface area (TPSA) is 52.7 Å². The van der Waals surface area contributed by atoms with Gasteiger partial charge < -0.3 is 9.80 Å². The maximum atomic E-state index is 13.3. The van der Waals surface area contributed by atoms with E-state index in [4.69, 9.17) is 0 Å². The first-order valence-corrected chi connectivity index (χ1v) is 9.11. The van der Waals surface area contributed by atoms with Crippen molar-refractivity contribution in [2.75, 3.05) is 32.7 Å². The molecule has 1 aliphatic heterocycles. The third kappa shape index (κ3) is 4.92. The van der Waals surface area contributed by atoms with Crippen LogP contribution in [0.3, 0.4) is 0 Å². The molecule has 2 aromatic carbocycles. The van der Waals surface area contributed by atoms with Crippen molar-refractivity contribution in [3.05, 3.63) is 71.5 Å². The molecule has 2 amide bonds. The van der Waals surface area contributed by atoms with Crippen molar-refractivity contribution >= 4 is 11.8 Å². The Morgan fingerprint density at radius 1 is 0.926 bits per heavy atom. The monoisotopic (exact) mass is 369 g/mol. The first-order chi connectivity index (χ1) is 13.0. The predicted octanol–water partition coefficient (Wildman–Crippen LogP) is 2.20. The molecule has 0 spiro atoms. The van der Waals surface area contributed by atoms with Crippen LogP contribution in [0.4, 0.5) is 4.39 Å². The third-order valence-corrected chi connectivity index (χ3v) is 4.87. The van der Waals surface area contributed by atoms with Gasteiger partial charge in [0, 0.05) is 33.1 Å². The minimum Gasteiger partial charge on any atom is -0.339 e. The molecule has 1 heterocycles. The van der Waals surface area contributed by atoms with E-state index in [1.807, 2.05) is 30.3 Å². The van der Waals surface area contributed by atoms with Crippen LogP contribution in [-0.2, 0) is 9.59 Å². The van der Waals surface area contributed by atoms with Crippen LogP contribution >= 0.6 is 0 Å². The lowest BCUT2D eigenvalue weighted by atomic mass is 9.98. The maximum absolute atomic E-state index is 13.3. The van der Waals surface area contributed by atoms with E-state index in [-0.39, 0.29) is 30.2 Å². The number of benzene rings is 2. The molecule has 3 rings (SSSR count). The number of carbonyl (C=O) groups excluding carboxylic acids is 2. The zero-order valence-corrected chi connectivity index (χ0v) is 15.4. The summed E-state index contributed by atoms with van der Waals surface area (Å²) in [6.45, 7) is 3.96. The standard InChI is InChI=1S/C21H24FN3O2/c1-16(26)24-11-13-25(14-12-24)20(27)15-23-21(17-5-3-2-4-6-17)18-7-9-19(22)10-8-18/h2-10,21,23H,11-15H2,1H3. The fourth-order valence-corrected chi connectivity index (χ4v) is 3.30. The van der Waals surface area contributed by atoms with Crippen molar-refractivity contribution in [3.8, 4) is 0 Å². The zero-order valence-electron chi connectivity index (χ0n) is 15.4. The van der Waals surface area contributed by atoms with Gasteiger partial charge in [-0.05, 0) is 23.3 Å².